The second kappa shape index (κ2) is 6.84. The van der Waals surface area contributed by atoms with E-state index in [-0.39, 0.29) is 5.91 Å². The van der Waals surface area contributed by atoms with Gasteiger partial charge in [-0.05, 0) is 70.6 Å². The van der Waals surface area contributed by atoms with E-state index in [1.807, 2.05) is 12.1 Å². The second-order valence-electron chi connectivity index (χ2n) is 5.36. The predicted molar refractivity (Wildman–Crippen MR) is 94.5 cm³/mol. The number of halogens is 1. The minimum Gasteiger partial charge on any atom is -0.313 e. The van der Waals surface area contributed by atoms with Gasteiger partial charge in [-0.15, -0.1) is 11.8 Å². The van der Waals surface area contributed by atoms with Gasteiger partial charge in [-0.3, -0.25) is 4.79 Å². The van der Waals surface area contributed by atoms with Crippen LogP contribution >= 0.6 is 27.7 Å². The van der Waals surface area contributed by atoms with Gasteiger partial charge in [-0.25, -0.2) is 4.98 Å². The average Bonchev–Trinajstić information content (AvgIpc) is 3.00. The molecule has 3 rings (SSSR count). The number of amides is 1. The number of anilines is 1. The van der Waals surface area contributed by atoms with Crippen molar-refractivity contribution in [1.82, 2.24) is 4.98 Å². The van der Waals surface area contributed by atoms with Crippen molar-refractivity contribution in [2.75, 3.05) is 17.7 Å². The number of hydrogen-bond acceptors (Lipinski definition) is 3. The standard InChI is InChI=1S/C17H17BrN2OS/c1-20(14-6-8-16(18)19-10-14)17(21)11-22-15-7-5-12-3-2-4-13(12)9-15/h5-10H,2-4,11H2,1H3. The summed E-state index contributed by atoms with van der Waals surface area (Å²) < 4.78 is 0.768. The summed E-state index contributed by atoms with van der Waals surface area (Å²) in [7, 11) is 1.79. The molecule has 1 aliphatic rings. The van der Waals surface area contributed by atoms with Gasteiger partial charge in [0.15, 0.2) is 0 Å². The molecule has 1 heterocycles. The predicted octanol–water partition coefficient (Wildman–Crippen LogP) is 4.09. The SMILES string of the molecule is CN(C(=O)CSc1ccc2c(c1)CCC2)c1ccc(Br)nc1. The van der Waals surface area contributed by atoms with Crippen LogP contribution in [-0.4, -0.2) is 23.7 Å². The molecule has 0 spiro atoms. The fourth-order valence-electron chi connectivity index (χ4n) is 2.59. The van der Waals surface area contributed by atoms with Crippen LogP contribution in [0.4, 0.5) is 5.69 Å². The molecule has 1 aromatic carbocycles. The Morgan fingerprint density at radius 2 is 2.09 bits per heavy atom. The fraction of sp³-hybridized carbons (Fsp3) is 0.294. The van der Waals surface area contributed by atoms with Gasteiger partial charge in [-0.1, -0.05) is 6.07 Å². The lowest BCUT2D eigenvalue weighted by atomic mass is 10.1. The summed E-state index contributed by atoms with van der Waals surface area (Å²) >= 11 is 4.90. The van der Waals surface area contributed by atoms with E-state index in [4.69, 9.17) is 0 Å². The molecule has 5 heteroatoms. The third-order valence-electron chi connectivity index (χ3n) is 3.91. The third kappa shape index (κ3) is 3.52. The highest BCUT2D eigenvalue weighted by Crippen LogP contribution is 2.28. The molecule has 114 valence electrons. The van der Waals surface area contributed by atoms with Gasteiger partial charge in [0.2, 0.25) is 5.91 Å². The van der Waals surface area contributed by atoms with E-state index >= 15 is 0 Å². The molecule has 22 heavy (non-hydrogen) atoms. The maximum Gasteiger partial charge on any atom is 0.237 e. The molecule has 1 aromatic heterocycles. The fourth-order valence-corrected chi connectivity index (χ4v) is 3.70. The quantitative estimate of drug-likeness (QED) is 0.595. The van der Waals surface area contributed by atoms with E-state index in [9.17, 15) is 4.79 Å². The zero-order chi connectivity index (χ0) is 15.5. The number of carbonyl (C=O) groups is 1. The monoisotopic (exact) mass is 376 g/mol. The van der Waals surface area contributed by atoms with Crippen LogP contribution in [0.2, 0.25) is 0 Å². The third-order valence-corrected chi connectivity index (χ3v) is 5.35. The van der Waals surface area contributed by atoms with E-state index in [0.29, 0.717) is 5.75 Å². The molecule has 0 N–H and O–H groups in total. The second-order valence-corrected chi connectivity index (χ2v) is 7.23. The molecular formula is C17H17BrN2OS. The lowest BCUT2D eigenvalue weighted by Gasteiger charge is -2.16. The number of carbonyl (C=O) groups excluding carboxylic acids is 1. The Hall–Kier alpha value is -1.33. The summed E-state index contributed by atoms with van der Waals surface area (Å²) in [5.41, 5.74) is 3.72. The Morgan fingerprint density at radius 1 is 1.27 bits per heavy atom. The van der Waals surface area contributed by atoms with Gasteiger partial charge in [0, 0.05) is 11.9 Å². The molecule has 0 unspecified atom stereocenters. The Balaban J connectivity index is 1.61. The largest absolute Gasteiger partial charge is 0.313 e. The molecular weight excluding hydrogens is 360 g/mol. The average molecular weight is 377 g/mol. The number of pyridine rings is 1. The minimum atomic E-state index is 0.0784. The van der Waals surface area contributed by atoms with Crippen molar-refractivity contribution in [3.05, 3.63) is 52.3 Å². The van der Waals surface area contributed by atoms with Gasteiger partial charge < -0.3 is 4.90 Å². The van der Waals surface area contributed by atoms with Gasteiger partial charge in [0.25, 0.3) is 0 Å². The van der Waals surface area contributed by atoms with Crippen LogP contribution in [0.15, 0.2) is 46.0 Å². The molecule has 0 fully saturated rings. The van der Waals surface area contributed by atoms with Gasteiger partial charge in [0.1, 0.15) is 4.60 Å². The van der Waals surface area contributed by atoms with Crippen molar-refractivity contribution in [1.29, 1.82) is 0 Å². The van der Waals surface area contributed by atoms with Crippen LogP contribution in [0.3, 0.4) is 0 Å². The van der Waals surface area contributed by atoms with Crippen LogP contribution in [0.5, 0.6) is 0 Å². The Morgan fingerprint density at radius 3 is 2.86 bits per heavy atom. The Bertz CT molecular complexity index is 688. The van der Waals surface area contributed by atoms with E-state index in [2.05, 4.69) is 39.1 Å². The first kappa shape index (κ1) is 15.6. The molecule has 0 radical (unpaired) electrons. The first-order valence-corrected chi connectivity index (χ1v) is 9.04. The van der Waals surface area contributed by atoms with E-state index in [1.54, 1.807) is 29.9 Å². The lowest BCUT2D eigenvalue weighted by Crippen LogP contribution is -2.27. The molecule has 0 saturated heterocycles. The van der Waals surface area contributed by atoms with Gasteiger partial charge >= 0.3 is 0 Å². The first-order chi connectivity index (χ1) is 10.6. The topological polar surface area (TPSA) is 33.2 Å². The Kier molecular flexibility index (Phi) is 4.84. The normalized spacial score (nSPS) is 13.0. The number of fused-ring (bicyclic) bond motifs is 1. The summed E-state index contributed by atoms with van der Waals surface area (Å²) in [4.78, 5) is 19.3. The smallest absolute Gasteiger partial charge is 0.237 e. The van der Waals surface area contributed by atoms with E-state index in [0.717, 1.165) is 10.3 Å². The van der Waals surface area contributed by atoms with Crippen LogP contribution < -0.4 is 4.90 Å². The van der Waals surface area contributed by atoms with E-state index in [1.165, 1.54) is 35.3 Å². The summed E-state index contributed by atoms with van der Waals surface area (Å²) in [6.07, 6.45) is 5.31. The van der Waals surface area contributed by atoms with Gasteiger partial charge in [-0.2, -0.15) is 0 Å². The van der Waals surface area contributed by atoms with Crippen molar-refractivity contribution in [3.8, 4) is 0 Å². The van der Waals surface area contributed by atoms with Crippen LogP contribution in [0.25, 0.3) is 0 Å². The van der Waals surface area contributed by atoms with Crippen LogP contribution in [0, 0.1) is 0 Å². The highest BCUT2D eigenvalue weighted by atomic mass is 79.9. The lowest BCUT2D eigenvalue weighted by molar-refractivity contribution is -0.115. The molecule has 0 saturated carbocycles. The molecule has 1 amide bonds. The number of thioether (sulfide) groups is 1. The highest BCUT2D eigenvalue weighted by molar-refractivity contribution is 9.10. The van der Waals surface area contributed by atoms with Crippen molar-refractivity contribution in [2.24, 2.45) is 0 Å². The van der Waals surface area contributed by atoms with Crippen molar-refractivity contribution < 1.29 is 4.79 Å². The first-order valence-electron chi connectivity index (χ1n) is 7.26. The van der Waals surface area contributed by atoms with E-state index < -0.39 is 0 Å². The Labute approximate surface area is 143 Å². The number of nitrogens with zero attached hydrogens (tertiary/aromatic N) is 2. The summed E-state index contributed by atoms with van der Waals surface area (Å²) in [5, 5.41) is 0. The molecule has 2 aromatic rings. The molecule has 3 nitrogen and oxygen atoms in total. The van der Waals surface area contributed by atoms with Crippen LogP contribution in [-0.2, 0) is 17.6 Å². The maximum absolute atomic E-state index is 12.3. The number of aryl methyl sites for hydroxylation is 2. The number of hydrogen-bond donors (Lipinski definition) is 0. The number of rotatable bonds is 4. The molecule has 0 bridgehead atoms. The zero-order valence-electron chi connectivity index (χ0n) is 12.4. The summed E-state index contributed by atoms with van der Waals surface area (Å²) in [6, 6.07) is 10.3. The minimum absolute atomic E-state index is 0.0784. The van der Waals surface area contributed by atoms with Crippen molar-refractivity contribution in [2.45, 2.75) is 24.2 Å². The molecule has 1 aliphatic carbocycles. The van der Waals surface area contributed by atoms with Gasteiger partial charge in [0.05, 0.1) is 17.6 Å². The zero-order valence-corrected chi connectivity index (χ0v) is 14.8. The number of aromatic nitrogens is 1. The molecule has 0 atom stereocenters. The maximum atomic E-state index is 12.3. The number of benzene rings is 1. The van der Waals surface area contributed by atoms with Crippen LogP contribution in [0.1, 0.15) is 17.5 Å². The van der Waals surface area contributed by atoms with Crippen molar-refractivity contribution >= 4 is 39.3 Å². The molecule has 0 aliphatic heterocycles. The summed E-state index contributed by atoms with van der Waals surface area (Å²) in [6.45, 7) is 0. The summed E-state index contributed by atoms with van der Waals surface area (Å²) in [5.74, 6) is 0.514. The highest BCUT2D eigenvalue weighted by Gasteiger charge is 2.14. The van der Waals surface area contributed by atoms with Crippen molar-refractivity contribution in [3.63, 3.8) is 0 Å².